The number of hydrogen-bond donors (Lipinski definition) is 1. The Bertz CT molecular complexity index is 598. The minimum absolute atomic E-state index is 0.0465. The zero-order valence-corrected chi connectivity index (χ0v) is 12.8. The second-order valence-electron chi connectivity index (χ2n) is 6.06. The van der Waals surface area contributed by atoms with Crippen LogP contribution in [0.2, 0.25) is 0 Å². The molecule has 112 valence electrons. The Labute approximate surface area is 125 Å². The maximum Gasteiger partial charge on any atom is 0.234 e. The topological polar surface area (TPSA) is 64.9 Å². The standard InChI is InChI=1S/C17H23N3O/c1-3-17(4-2,13-8-6-5-7-9-13)14-19-15(21-20-14)16(12-18)10-11-16/h5-9H,3-4,10-12,18H2,1-2H3. The highest BCUT2D eigenvalue weighted by Crippen LogP contribution is 2.47. The van der Waals surface area contributed by atoms with Crippen LogP contribution in [-0.4, -0.2) is 16.7 Å². The second-order valence-corrected chi connectivity index (χ2v) is 6.06. The fraction of sp³-hybridized carbons (Fsp3) is 0.529. The molecule has 1 aliphatic carbocycles. The number of hydrogen-bond acceptors (Lipinski definition) is 4. The first-order valence-electron chi connectivity index (χ1n) is 7.81. The molecule has 2 N–H and O–H groups in total. The van der Waals surface area contributed by atoms with Crippen molar-refractivity contribution in [3.8, 4) is 0 Å². The SMILES string of the molecule is CCC(CC)(c1ccccc1)c1noc(C2(CN)CC2)n1. The van der Waals surface area contributed by atoms with Crippen LogP contribution in [0.15, 0.2) is 34.9 Å². The molecule has 0 atom stereocenters. The van der Waals surface area contributed by atoms with E-state index < -0.39 is 0 Å². The quantitative estimate of drug-likeness (QED) is 0.885. The molecule has 0 saturated heterocycles. The number of aromatic nitrogens is 2. The van der Waals surface area contributed by atoms with Gasteiger partial charge in [-0.15, -0.1) is 0 Å². The maximum atomic E-state index is 5.87. The van der Waals surface area contributed by atoms with Crippen molar-refractivity contribution < 1.29 is 4.52 Å². The van der Waals surface area contributed by atoms with Crippen molar-refractivity contribution in [2.24, 2.45) is 5.73 Å². The Morgan fingerprint density at radius 2 is 1.86 bits per heavy atom. The largest absolute Gasteiger partial charge is 0.339 e. The molecule has 0 radical (unpaired) electrons. The van der Waals surface area contributed by atoms with E-state index in [0.29, 0.717) is 6.54 Å². The molecule has 4 heteroatoms. The molecule has 1 aromatic heterocycles. The van der Waals surface area contributed by atoms with Gasteiger partial charge in [0.2, 0.25) is 5.89 Å². The summed E-state index contributed by atoms with van der Waals surface area (Å²) in [6, 6.07) is 10.5. The van der Waals surface area contributed by atoms with Gasteiger partial charge in [0.05, 0.1) is 10.8 Å². The highest BCUT2D eigenvalue weighted by atomic mass is 16.5. The maximum absolute atomic E-state index is 5.87. The summed E-state index contributed by atoms with van der Waals surface area (Å²) in [6.45, 7) is 4.95. The molecule has 1 heterocycles. The predicted octanol–water partition coefficient (Wildman–Crippen LogP) is 3.17. The summed E-state index contributed by atoms with van der Waals surface area (Å²) in [5.41, 5.74) is 6.90. The summed E-state index contributed by atoms with van der Waals surface area (Å²) >= 11 is 0. The van der Waals surface area contributed by atoms with E-state index in [0.717, 1.165) is 37.4 Å². The van der Waals surface area contributed by atoms with E-state index >= 15 is 0 Å². The second kappa shape index (κ2) is 5.26. The lowest BCUT2D eigenvalue weighted by molar-refractivity contribution is 0.332. The van der Waals surface area contributed by atoms with Gasteiger partial charge in [-0.2, -0.15) is 4.98 Å². The average molecular weight is 285 g/mol. The highest BCUT2D eigenvalue weighted by molar-refractivity contribution is 5.33. The van der Waals surface area contributed by atoms with Crippen LogP contribution in [0.3, 0.4) is 0 Å². The summed E-state index contributed by atoms with van der Waals surface area (Å²) in [5, 5.41) is 4.32. The van der Waals surface area contributed by atoms with Crippen molar-refractivity contribution in [3.05, 3.63) is 47.6 Å². The molecule has 3 rings (SSSR count). The van der Waals surface area contributed by atoms with Crippen LogP contribution < -0.4 is 5.73 Å². The Morgan fingerprint density at radius 3 is 2.38 bits per heavy atom. The lowest BCUT2D eigenvalue weighted by Gasteiger charge is -2.28. The van der Waals surface area contributed by atoms with Gasteiger partial charge in [-0.25, -0.2) is 0 Å². The van der Waals surface area contributed by atoms with Gasteiger partial charge < -0.3 is 10.3 Å². The highest BCUT2D eigenvalue weighted by Gasteiger charge is 2.49. The minimum Gasteiger partial charge on any atom is -0.339 e. The van der Waals surface area contributed by atoms with E-state index in [9.17, 15) is 0 Å². The Kier molecular flexibility index (Phi) is 3.57. The van der Waals surface area contributed by atoms with Gasteiger partial charge in [0.15, 0.2) is 5.82 Å². The number of nitrogens with zero attached hydrogens (tertiary/aromatic N) is 2. The zero-order valence-electron chi connectivity index (χ0n) is 12.8. The third kappa shape index (κ3) is 2.18. The van der Waals surface area contributed by atoms with Crippen molar-refractivity contribution >= 4 is 0 Å². The Hall–Kier alpha value is -1.68. The van der Waals surface area contributed by atoms with E-state index in [1.165, 1.54) is 5.56 Å². The summed E-state index contributed by atoms with van der Waals surface area (Å²) in [4.78, 5) is 4.75. The van der Waals surface area contributed by atoms with E-state index in [4.69, 9.17) is 15.2 Å². The van der Waals surface area contributed by atoms with Gasteiger partial charge in [0.1, 0.15) is 0 Å². The monoisotopic (exact) mass is 285 g/mol. The normalized spacial score (nSPS) is 16.9. The van der Waals surface area contributed by atoms with Gasteiger partial charge in [-0.3, -0.25) is 0 Å². The molecule has 0 aliphatic heterocycles. The summed E-state index contributed by atoms with van der Waals surface area (Å²) in [5.74, 6) is 1.52. The fourth-order valence-electron chi connectivity index (χ4n) is 3.15. The molecule has 21 heavy (non-hydrogen) atoms. The van der Waals surface area contributed by atoms with E-state index in [1.54, 1.807) is 0 Å². The molecule has 4 nitrogen and oxygen atoms in total. The first-order valence-corrected chi connectivity index (χ1v) is 7.81. The van der Waals surface area contributed by atoms with Gasteiger partial charge in [0.25, 0.3) is 0 Å². The first kappa shape index (κ1) is 14.3. The van der Waals surface area contributed by atoms with E-state index in [2.05, 4.69) is 43.3 Å². The van der Waals surface area contributed by atoms with E-state index in [1.807, 2.05) is 6.07 Å². The average Bonchev–Trinajstić information content (AvgIpc) is 3.20. The van der Waals surface area contributed by atoms with Crippen LogP contribution in [0.25, 0.3) is 0 Å². The van der Waals surface area contributed by atoms with Gasteiger partial charge in [0, 0.05) is 6.54 Å². The smallest absolute Gasteiger partial charge is 0.234 e. The molecule has 0 bridgehead atoms. The van der Waals surface area contributed by atoms with Crippen molar-refractivity contribution in [1.82, 2.24) is 10.1 Å². The summed E-state index contributed by atoms with van der Waals surface area (Å²) in [7, 11) is 0. The van der Waals surface area contributed by atoms with Crippen LogP contribution in [0, 0.1) is 0 Å². The minimum atomic E-state index is -0.173. The molecule has 1 saturated carbocycles. The molecular formula is C17H23N3O. The number of nitrogens with two attached hydrogens (primary N) is 1. The Morgan fingerprint density at radius 1 is 1.19 bits per heavy atom. The molecule has 0 amide bonds. The molecule has 1 aliphatic rings. The van der Waals surface area contributed by atoms with Crippen LogP contribution in [-0.2, 0) is 10.8 Å². The summed E-state index contributed by atoms with van der Waals surface area (Å²) in [6.07, 6.45) is 4.01. The molecule has 0 spiro atoms. The number of benzene rings is 1. The summed E-state index contributed by atoms with van der Waals surface area (Å²) < 4.78 is 5.57. The van der Waals surface area contributed by atoms with Crippen LogP contribution >= 0.6 is 0 Å². The molecular weight excluding hydrogens is 262 g/mol. The predicted molar refractivity (Wildman–Crippen MR) is 82.1 cm³/mol. The van der Waals surface area contributed by atoms with Crippen molar-refractivity contribution in [1.29, 1.82) is 0 Å². The van der Waals surface area contributed by atoms with E-state index in [-0.39, 0.29) is 10.8 Å². The van der Waals surface area contributed by atoms with Crippen molar-refractivity contribution in [2.75, 3.05) is 6.54 Å². The lowest BCUT2D eigenvalue weighted by atomic mass is 9.75. The number of rotatable bonds is 6. The van der Waals surface area contributed by atoms with Crippen molar-refractivity contribution in [2.45, 2.75) is 50.4 Å². The van der Waals surface area contributed by atoms with Crippen molar-refractivity contribution in [3.63, 3.8) is 0 Å². The third-order valence-electron chi connectivity index (χ3n) is 5.09. The molecule has 1 aromatic carbocycles. The molecule has 0 unspecified atom stereocenters. The fourth-order valence-corrected chi connectivity index (χ4v) is 3.15. The van der Waals surface area contributed by atoms with Gasteiger partial charge in [-0.1, -0.05) is 49.3 Å². The van der Waals surface area contributed by atoms with Crippen LogP contribution in [0.4, 0.5) is 0 Å². The van der Waals surface area contributed by atoms with Gasteiger partial charge in [-0.05, 0) is 31.2 Å². The first-order chi connectivity index (χ1) is 10.2. The van der Waals surface area contributed by atoms with Crippen LogP contribution in [0.5, 0.6) is 0 Å². The molecule has 2 aromatic rings. The zero-order chi connectivity index (χ0) is 14.9. The van der Waals surface area contributed by atoms with Crippen LogP contribution in [0.1, 0.15) is 56.8 Å². The molecule has 1 fully saturated rings. The Balaban J connectivity index is 2.03. The lowest BCUT2D eigenvalue weighted by Crippen LogP contribution is -2.28. The van der Waals surface area contributed by atoms with Gasteiger partial charge >= 0.3 is 0 Å². The third-order valence-corrected chi connectivity index (χ3v) is 5.09.